The summed E-state index contributed by atoms with van der Waals surface area (Å²) in [5.74, 6) is -0.212. The number of anilines is 2. The van der Waals surface area contributed by atoms with Crippen LogP contribution in [0.4, 0.5) is 11.4 Å². The number of benzene rings is 3. The zero-order valence-electron chi connectivity index (χ0n) is 19.5. The lowest BCUT2D eigenvalue weighted by Gasteiger charge is -2.27. The number of sulfonamides is 1. The molecule has 3 aromatic rings. The Kier molecular flexibility index (Phi) is 6.57. The molecule has 0 fully saturated rings. The molecule has 1 atom stereocenters. The van der Waals surface area contributed by atoms with E-state index in [1.165, 1.54) is 12.1 Å². The van der Waals surface area contributed by atoms with Gasteiger partial charge < -0.3 is 5.32 Å². The summed E-state index contributed by atoms with van der Waals surface area (Å²) >= 11 is 0. The number of hydrogen-bond donors (Lipinski definition) is 2. The summed E-state index contributed by atoms with van der Waals surface area (Å²) in [6.07, 6.45) is 0.964. The van der Waals surface area contributed by atoms with Gasteiger partial charge >= 0.3 is 0 Å². The van der Waals surface area contributed by atoms with Gasteiger partial charge in [-0.3, -0.25) is 14.3 Å². The predicted molar refractivity (Wildman–Crippen MR) is 134 cm³/mol. The van der Waals surface area contributed by atoms with Gasteiger partial charge in [-0.15, -0.1) is 0 Å². The average molecular weight is 477 g/mol. The summed E-state index contributed by atoms with van der Waals surface area (Å²) in [4.78, 5) is 25.4. The molecule has 0 spiro atoms. The SMILES string of the molecule is CCc1cccc(NS(=O)(=O)c2ccc3c(c2)C(=O)CC(c2cccc(C(=O)C(C)C)c2)N3)c1. The van der Waals surface area contributed by atoms with Gasteiger partial charge in [-0.1, -0.05) is 51.1 Å². The van der Waals surface area contributed by atoms with Gasteiger partial charge in [0.25, 0.3) is 10.0 Å². The molecular formula is C27H28N2O4S. The molecule has 0 radical (unpaired) electrons. The minimum Gasteiger partial charge on any atom is -0.377 e. The zero-order chi connectivity index (χ0) is 24.5. The molecule has 4 rings (SSSR count). The van der Waals surface area contributed by atoms with E-state index in [2.05, 4.69) is 10.0 Å². The van der Waals surface area contributed by atoms with Crippen LogP contribution in [0.2, 0.25) is 0 Å². The minimum absolute atomic E-state index is 0.0336. The monoisotopic (exact) mass is 476 g/mol. The number of hydrogen-bond acceptors (Lipinski definition) is 5. The smallest absolute Gasteiger partial charge is 0.261 e. The molecule has 0 aliphatic carbocycles. The molecule has 0 bridgehead atoms. The van der Waals surface area contributed by atoms with Crippen LogP contribution >= 0.6 is 0 Å². The van der Waals surface area contributed by atoms with Gasteiger partial charge in [0.1, 0.15) is 0 Å². The lowest BCUT2D eigenvalue weighted by molar-refractivity contribution is 0.0938. The molecule has 176 valence electrons. The van der Waals surface area contributed by atoms with Crippen molar-refractivity contribution in [3.05, 3.63) is 89.0 Å². The quantitative estimate of drug-likeness (QED) is 0.431. The number of ketones is 2. The molecule has 34 heavy (non-hydrogen) atoms. The maximum Gasteiger partial charge on any atom is 0.261 e. The maximum atomic E-state index is 13.0. The van der Waals surface area contributed by atoms with Crippen molar-refractivity contribution in [3.63, 3.8) is 0 Å². The van der Waals surface area contributed by atoms with E-state index >= 15 is 0 Å². The molecule has 7 heteroatoms. The second-order valence-electron chi connectivity index (χ2n) is 8.84. The van der Waals surface area contributed by atoms with Gasteiger partial charge in [0, 0.05) is 34.8 Å². The number of aryl methyl sites for hydroxylation is 1. The Morgan fingerprint density at radius 3 is 2.56 bits per heavy atom. The zero-order valence-corrected chi connectivity index (χ0v) is 20.3. The van der Waals surface area contributed by atoms with Crippen LogP contribution in [-0.4, -0.2) is 20.0 Å². The molecule has 0 amide bonds. The van der Waals surface area contributed by atoms with E-state index in [-0.39, 0.29) is 34.8 Å². The Balaban J connectivity index is 1.59. The summed E-state index contributed by atoms with van der Waals surface area (Å²) in [6, 6.07) is 18.8. The summed E-state index contributed by atoms with van der Waals surface area (Å²) in [5.41, 5.74) is 3.89. The number of Topliss-reactive ketones (excluding diaryl/α,β-unsaturated/α-hetero) is 2. The fourth-order valence-electron chi connectivity index (χ4n) is 4.09. The fourth-order valence-corrected chi connectivity index (χ4v) is 5.17. The van der Waals surface area contributed by atoms with Gasteiger partial charge in [0.05, 0.1) is 10.9 Å². The summed E-state index contributed by atoms with van der Waals surface area (Å²) in [5, 5.41) is 3.34. The molecule has 1 aliphatic rings. The standard InChI is InChI=1S/C27H28N2O4S/c1-4-18-7-5-10-21(13-18)29-34(32,33)22-11-12-24-23(15-22)26(30)16-25(28-24)19-8-6-9-20(14-19)27(31)17(2)3/h5-15,17,25,28-29H,4,16H2,1-3H3. The second-order valence-corrected chi connectivity index (χ2v) is 10.5. The summed E-state index contributed by atoms with van der Waals surface area (Å²) < 4.78 is 28.5. The number of carbonyl (C=O) groups is 2. The normalized spacial score (nSPS) is 15.5. The van der Waals surface area contributed by atoms with E-state index in [0.717, 1.165) is 17.5 Å². The molecule has 3 aromatic carbocycles. The Labute approximate surface area is 200 Å². The van der Waals surface area contributed by atoms with E-state index in [1.54, 1.807) is 30.3 Å². The van der Waals surface area contributed by atoms with Crippen molar-refractivity contribution >= 4 is 33.0 Å². The third kappa shape index (κ3) is 4.89. The highest BCUT2D eigenvalue weighted by Crippen LogP contribution is 2.34. The highest BCUT2D eigenvalue weighted by atomic mass is 32.2. The molecule has 1 heterocycles. The average Bonchev–Trinajstić information content (AvgIpc) is 2.83. The molecule has 6 nitrogen and oxygen atoms in total. The fraction of sp³-hybridized carbons (Fsp3) is 0.259. The van der Waals surface area contributed by atoms with Crippen molar-refractivity contribution < 1.29 is 18.0 Å². The first-order valence-corrected chi connectivity index (χ1v) is 12.9. The van der Waals surface area contributed by atoms with Crippen molar-refractivity contribution in [1.29, 1.82) is 0 Å². The third-order valence-electron chi connectivity index (χ3n) is 6.01. The third-order valence-corrected chi connectivity index (χ3v) is 7.39. The van der Waals surface area contributed by atoms with Gasteiger partial charge in [-0.25, -0.2) is 8.42 Å². The highest BCUT2D eigenvalue weighted by molar-refractivity contribution is 7.92. The Hall–Kier alpha value is -3.45. The number of fused-ring (bicyclic) bond motifs is 1. The second kappa shape index (κ2) is 9.43. The first-order chi connectivity index (χ1) is 16.2. The van der Waals surface area contributed by atoms with Crippen LogP contribution in [0.5, 0.6) is 0 Å². The van der Waals surface area contributed by atoms with Crippen LogP contribution in [0.1, 0.15) is 65.1 Å². The molecule has 0 saturated heterocycles. The molecule has 1 unspecified atom stereocenters. The van der Waals surface area contributed by atoms with Crippen molar-refractivity contribution in [2.24, 2.45) is 5.92 Å². The van der Waals surface area contributed by atoms with Crippen molar-refractivity contribution in [2.45, 2.75) is 44.6 Å². The van der Waals surface area contributed by atoms with E-state index in [1.807, 2.05) is 45.0 Å². The van der Waals surface area contributed by atoms with Crippen molar-refractivity contribution in [3.8, 4) is 0 Å². The van der Waals surface area contributed by atoms with Crippen LogP contribution in [0.3, 0.4) is 0 Å². The lowest BCUT2D eigenvalue weighted by atomic mass is 9.90. The summed E-state index contributed by atoms with van der Waals surface area (Å²) in [6.45, 7) is 5.71. The van der Waals surface area contributed by atoms with Gasteiger partial charge in [-0.2, -0.15) is 0 Å². The highest BCUT2D eigenvalue weighted by Gasteiger charge is 2.28. The lowest BCUT2D eigenvalue weighted by Crippen LogP contribution is -2.24. The molecule has 2 N–H and O–H groups in total. The first-order valence-electron chi connectivity index (χ1n) is 11.4. The predicted octanol–water partition coefficient (Wildman–Crippen LogP) is 5.63. The van der Waals surface area contributed by atoms with Crippen LogP contribution in [-0.2, 0) is 16.4 Å². The van der Waals surface area contributed by atoms with E-state index < -0.39 is 10.0 Å². The summed E-state index contributed by atoms with van der Waals surface area (Å²) in [7, 11) is -3.85. The van der Waals surface area contributed by atoms with Crippen LogP contribution in [0.25, 0.3) is 0 Å². The van der Waals surface area contributed by atoms with Crippen LogP contribution in [0.15, 0.2) is 71.6 Å². The molecule has 1 aliphatic heterocycles. The molecule has 0 aromatic heterocycles. The number of carbonyl (C=O) groups excluding carboxylic acids is 2. The first kappa shape index (κ1) is 23.7. The Bertz CT molecular complexity index is 1360. The largest absolute Gasteiger partial charge is 0.377 e. The topological polar surface area (TPSA) is 92.3 Å². The van der Waals surface area contributed by atoms with Crippen LogP contribution in [0, 0.1) is 5.92 Å². The van der Waals surface area contributed by atoms with Gasteiger partial charge in [0.2, 0.25) is 0 Å². The Morgan fingerprint density at radius 2 is 1.82 bits per heavy atom. The van der Waals surface area contributed by atoms with E-state index in [9.17, 15) is 18.0 Å². The molecular weight excluding hydrogens is 448 g/mol. The van der Waals surface area contributed by atoms with Crippen molar-refractivity contribution in [2.75, 3.05) is 10.0 Å². The molecule has 0 saturated carbocycles. The number of rotatable bonds is 7. The van der Waals surface area contributed by atoms with Crippen LogP contribution < -0.4 is 10.0 Å². The van der Waals surface area contributed by atoms with E-state index in [0.29, 0.717) is 22.5 Å². The van der Waals surface area contributed by atoms with Gasteiger partial charge in [0.15, 0.2) is 11.6 Å². The van der Waals surface area contributed by atoms with Gasteiger partial charge in [-0.05, 0) is 53.9 Å². The minimum atomic E-state index is -3.85. The van der Waals surface area contributed by atoms with E-state index in [4.69, 9.17) is 0 Å². The maximum absolute atomic E-state index is 13.0. The number of nitrogens with one attached hydrogen (secondary N) is 2. The Morgan fingerprint density at radius 1 is 1.06 bits per heavy atom. The van der Waals surface area contributed by atoms with Crippen molar-refractivity contribution in [1.82, 2.24) is 0 Å².